The van der Waals surface area contributed by atoms with Gasteiger partial charge in [-0.3, -0.25) is 0 Å². The van der Waals surface area contributed by atoms with Crippen molar-refractivity contribution in [1.82, 2.24) is 0 Å². The Morgan fingerprint density at radius 1 is 1.33 bits per heavy atom. The zero-order valence-electron chi connectivity index (χ0n) is 12.7. The van der Waals surface area contributed by atoms with Gasteiger partial charge in [-0.2, -0.15) is 0 Å². The van der Waals surface area contributed by atoms with Gasteiger partial charge in [0.1, 0.15) is 17.7 Å². The van der Waals surface area contributed by atoms with Gasteiger partial charge in [-0.25, -0.2) is 4.39 Å². The van der Waals surface area contributed by atoms with Crippen LogP contribution in [-0.2, 0) is 6.42 Å². The zero-order valence-corrected chi connectivity index (χ0v) is 13.4. The van der Waals surface area contributed by atoms with Crippen molar-refractivity contribution in [1.29, 1.82) is 0 Å². The summed E-state index contributed by atoms with van der Waals surface area (Å²) in [5.74, 6) is 2.06. The van der Waals surface area contributed by atoms with Crippen LogP contribution in [0.3, 0.4) is 0 Å². The lowest BCUT2D eigenvalue weighted by atomic mass is 9.76. The second kappa shape index (κ2) is 6.56. The molecule has 116 valence electrons. The first-order chi connectivity index (χ1) is 10.2. The van der Waals surface area contributed by atoms with Crippen molar-refractivity contribution in [3.63, 3.8) is 0 Å². The van der Waals surface area contributed by atoms with E-state index in [0.29, 0.717) is 5.92 Å². The molecule has 1 nitrogen and oxygen atoms in total. The van der Waals surface area contributed by atoms with Crippen LogP contribution in [0.2, 0.25) is 0 Å². The summed E-state index contributed by atoms with van der Waals surface area (Å²) in [4.78, 5) is 0. The van der Waals surface area contributed by atoms with E-state index in [0.717, 1.165) is 36.5 Å². The molecule has 3 heteroatoms. The summed E-state index contributed by atoms with van der Waals surface area (Å²) in [6, 6.07) is 4.83. The Morgan fingerprint density at radius 2 is 2.19 bits per heavy atom. The molecule has 1 aromatic rings. The second-order valence-corrected chi connectivity index (χ2v) is 7.24. The topological polar surface area (TPSA) is 9.23 Å². The lowest BCUT2D eigenvalue weighted by molar-refractivity contribution is 0.157. The maximum Gasteiger partial charge on any atom is 0.123 e. The summed E-state index contributed by atoms with van der Waals surface area (Å²) in [6.07, 6.45) is 8.21. The number of hydrogen-bond donors (Lipinski definition) is 0. The Bertz CT molecular complexity index is 490. The highest BCUT2D eigenvalue weighted by atomic mass is 35.5. The van der Waals surface area contributed by atoms with E-state index < -0.39 is 0 Å². The van der Waals surface area contributed by atoms with Gasteiger partial charge in [0.2, 0.25) is 0 Å². The van der Waals surface area contributed by atoms with Crippen LogP contribution in [-0.4, -0.2) is 11.5 Å². The van der Waals surface area contributed by atoms with Crippen LogP contribution in [0.15, 0.2) is 18.2 Å². The third kappa shape index (κ3) is 3.53. The minimum absolute atomic E-state index is 0.172. The third-order valence-corrected chi connectivity index (χ3v) is 5.60. The van der Waals surface area contributed by atoms with Gasteiger partial charge < -0.3 is 4.74 Å². The molecule has 0 spiro atoms. The van der Waals surface area contributed by atoms with E-state index in [-0.39, 0.29) is 17.3 Å². The van der Waals surface area contributed by atoms with Crippen LogP contribution in [0.4, 0.5) is 4.39 Å². The van der Waals surface area contributed by atoms with Crippen LogP contribution in [0, 0.1) is 17.7 Å². The van der Waals surface area contributed by atoms with Crippen LogP contribution < -0.4 is 4.74 Å². The molecule has 4 atom stereocenters. The number of alkyl halides is 1. The van der Waals surface area contributed by atoms with Gasteiger partial charge in [-0.15, -0.1) is 11.6 Å². The minimum Gasteiger partial charge on any atom is -0.490 e. The quantitative estimate of drug-likeness (QED) is 0.682. The normalized spacial score (nSPS) is 31.8. The van der Waals surface area contributed by atoms with E-state index in [9.17, 15) is 4.39 Å². The van der Waals surface area contributed by atoms with Crippen molar-refractivity contribution in [2.75, 3.05) is 0 Å². The smallest absolute Gasteiger partial charge is 0.123 e. The Morgan fingerprint density at radius 3 is 3.00 bits per heavy atom. The van der Waals surface area contributed by atoms with Gasteiger partial charge >= 0.3 is 0 Å². The fraction of sp³-hybridized carbons (Fsp3) is 0.667. The number of ether oxygens (including phenoxy) is 1. The van der Waals surface area contributed by atoms with Gasteiger partial charge in [0.15, 0.2) is 0 Å². The monoisotopic (exact) mass is 310 g/mol. The Kier molecular flexibility index (Phi) is 4.73. The van der Waals surface area contributed by atoms with Crippen LogP contribution in [0.1, 0.15) is 51.0 Å². The van der Waals surface area contributed by atoms with Crippen molar-refractivity contribution >= 4 is 11.6 Å². The molecule has 1 aliphatic carbocycles. The standard InChI is InChI=1S/C18H24ClFO/c1-2-3-12-4-6-17(19)13(8-12)10-16-11-14-9-15(20)5-7-18(14)21-16/h5,7,9,12-13,16-17H,2-4,6,8,10-11H2,1H3. The van der Waals surface area contributed by atoms with Gasteiger partial charge in [0.25, 0.3) is 0 Å². The van der Waals surface area contributed by atoms with Crippen LogP contribution in [0.5, 0.6) is 5.75 Å². The molecule has 0 N–H and O–H groups in total. The lowest BCUT2D eigenvalue weighted by Crippen LogP contribution is -2.30. The molecule has 0 saturated heterocycles. The van der Waals surface area contributed by atoms with Crippen molar-refractivity contribution in [3.05, 3.63) is 29.6 Å². The molecular formula is C18H24ClFO. The Labute approximate surface area is 131 Å². The number of rotatable bonds is 4. The number of hydrogen-bond acceptors (Lipinski definition) is 1. The average Bonchev–Trinajstić information content (AvgIpc) is 2.84. The molecule has 1 fully saturated rings. The fourth-order valence-corrected chi connectivity index (χ4v) is 4.33. The molecule has 2 aliphatic rings. The largest absolute Gasteiger partial charge is 0.490 e. The summed E-state index contributed by atoms with van der Waals surface area (Å²) in [5.41, 5.74) is 1.01. The van der Waals surface area contributed by atoms with Crippen molar-refractivity contribution in [2.45, 2.75) is 63.4 Å². The van der Waals surface area contributed by atoms with Gasteiger partial charge in [0, 0.05) is 17.4 Å². The van der Waals surface area contributed by atoms with Crippen LogP contribution >= 0.6 is 11.6 Å². The molecule has 0 amide bonds. The number of halogens is 2. The van der Waals surface area contributed by atoms with Gasteiger partial charge in [0.05, 0.1) is 0 Å². The SMILES string of the molecule is CCCC1CCC(Cl)C(CC2Cc3cc(F)ccc3O2)C1. The summed E-state index contributed by atoms with van der Waals surface area (Å²) < 4.78 is 19.3. The molecule has 0 radical (unpaired) electrons. The molecule has 0 aromatic heterocycles. The Balaban J connectivity index is 1.59. The molecule has 3 rings (SSSR count). The van der Waals surface area contributed by atoms with Crippen molar-refractivity contribution in [2.24, 2.45) is 11.8 Å². The van der Waals surface area contributed by atoms with Crippen molar-refractivity contribution in [3.8, 4) is 5.75 Å². The fourth-order valence-electron chi connectivity index (χ4n) is 4.00. The van der Waals surface area contributed by atoms with E-state index >= 15 is 0 Å². The first-order valence-corrected chi connectivity index (χ1v) is 8.68. The molecular weight excluding hydrogens is 287 g/mol. The summed E-state index contributed by atoms with van der Waals surface area (Å²) in [7, 11) is 0. The molecule has 4 unspecified atom stereocenters. The maximum absolute atomic E-state index is 13.3. The van der Waals surface area contributed by atoms with E-state index in [1.165, 1.54) is 31.7 Å². The predicted octanol–water partition coefficient (Wildman–Crippen LogP) is 5.34. The minimum atomic E-state index is -0.172. The average molecular weight is 311 g/mol. The van der Waals surface area contributed by atoms with Crippen molar-refractivity contribution < 1.29 is 9.13 Å². The summed E-state index contributed by atoms with van der Waals surface area (Å²) in [6.45, 7) is 2.26. The van der Waals surface area contributed by atoms with Crippen LogP contribution in [0.25, 0.3) is 0 Å². The lowest BCUT2D eigenvalue weighted by Gasteiger charge is -2.34. The highest BCUT2D eigenvalue weighted by molar-refractivity contribution is 6.20. The second-order valence-electron chi connectivity index (χ2n) is 6.68. The molecule has 1 aliphatic heterocycles. The zero-order chi connectivity index (χ0) is 14.8. The maximum atomic E-state index is 13.3. The molecule has 21 heavy (non-hydrogen) atoms. The first-order valence-electron chi connectivity index (χ1n) is 8.25. The highest BCUT2D eigenvalue weighted by Gasteiger charge is 2.33. The Hall–Kier alpha value is -0.760. The summed E-state index contributed by atoms with van der Waals surface area (Å²) >= 11 is 6.55. The molecule has 1 heterocycles. The van der Waals surface area contributed by atoms with E-state index in [1.807, 2.05) is 0 Å². The number of fused-ring (bicyclic) bond motifs is 1. The summed E-state index contributed by atoms with van der Waals surface area (Å²) in [5, 5.41) is 0.280. The highest BCUT2D eigenvalue weighted by Crippen LogP contribution is 2.40. The third-order valence-electron chi connectivity index (χ3n) is 5.02. The molecule has 0 bridgehead atoms. The molecule has 1 aromatic carbocycles. The number of benzene rings is 1. The first kappa shape index (κ1) is 15.1. The predicted molar refractivity (Wildman–Crippen MR) is 84.5 cm³/mol. The molecule has 1 saturated carbocycles. The van der Waals surface area contributed by atoms with Gasteiger partial charge in [-0.1, -0.05) is 19.8 Å². The van der Waals surface area contributed by atoms with Gasteiger partial charge in [-0.05, 0) is 55.7 Å². The van der Waals surface area contributed by atoms with E-state index in [4.69, 9.17) is 16.3 Å². The van der Waals surface area contributed by atoms with E-state index in [1.54, 1.807) is 12.1 Å². The van der Waals surface area contributed by atoms with E-state index in [2.05, 4.69) is 6.92 Å².